The Morgan fingerprint density at radius 2 is 1.25 bits per heavy atom. The van der Waals surface area contributed by atoms with E-state index in [9.17, 15) is 0 Å². The summed E-state index contributed by atoms with van der Waals surface area (Å²) in [5, 5.41) is 0. The molecule has 0 saturated heterocycles. The molecule has 0 aromatic rings. The fraction of sp³-hybridized carbons (Fsp3) is 0. The van der Waals surface area contributed by atoms with E-state index in [1.807, 2.05) is 0 Å². The van der Waals surface area contributed by atoms with E-state index >= 15 is 0 Å². The Morgan fingerprint density at radius 3 is 1.25 bits per heavy atom. The molecule has 0 spiro atoms. The van der Waals surface area contributed by atoms with Gasteiger partial charge in [-0.1, -0.05) is 0 Å². The molecule has 0 bridgehead atoms. The normalized spacial score (nSPS) is 1.00. The van der Waals surface area contributed by atoms with Gasteiger partial charge in [-0.2, -0.15) is 4.21 Å². The summed E-state index contributed by atoms with van der Waals surface area (Å²) in [5.74, 6) is 0. The van der Waals surface area contributed by atoms with Gasteiger partial charge in [0, 0.05) is 75.5 Å². The molecule has 4 heavy (non-hydrogen) atoms. The Labute approximate surface area is 90.1 Å². The Kier molecular flexibility index (Phi) is 70.9. The minimum atomic E-state index is 0. The van der Waals surface area contributed by atoms with Crippen LogP contribution in [0.3, 0.4) is 0 Å². The molecule has 4 heteroatoms. The van der Waals surface area contributed by atoms with Gasteiger partial charge in [0.15, 0.2) is 12.5 Å². The van der Waals surface area contributed by atoms with Gasteiger partial charge in [-0.05, 0) is 0 Å². The minimum Gasteiger partial charge on any atom is -0.197 e. The fourth-order valence-corrected chi connectivity index (χ4v) is 0. The molecule has 0 aliphatic rings. The maximum Gasteiger partial charge on any atom is 0.197 e. The fourth-order valence-electron chi connectivity index (χ4n) is 0. The summed E-state index contributed by atoms with van der Waals surface area (Å²) in [6.07, 6.45) is 0. The molecule has 0 rings (SSSR count). The summed E-state index contributed by atoms with van der Waals surface area (Å²) >= 11 is 2.83. The third kappa shape index (κ3) is 8.82. The van der Waals surface area contributed by atoms with Crippen LogP contribution in [-0.4, -0.2) is 4.21 Å². The average molecular weight is 344 g/mol. The molecule has 0 aromatic carbocycles. The van der Waals surface area contributed by atoms with Gasteiger partial charge in [0.25, 0.3) is 0 Å². The molecule has 0 atom stereocenters. The monoisotopic (exact) mass is 345 g/mol. The van der Waals surface area contributed by atoms with Gasteiger partial charge in [-0.3, -0.25) is 0 Å². The van der Waals surface area contributed by atoms with Gasteiger partial charge in [0.05, 0.1) is 0 Å². The van der Waals surface area contributed by atoms with Crippen molar-refractivity contribution >= 4 is 12.5 Å². The van der Waals surface area contributed by atoms with Crippen molar-refractivity contribution in [1.29, 1.82) is 0 Å². The van der Waals surface area contributed by atoms with E-state index < -0.39 is 0 Å². The van der Waals surface area contributed by atoms with E-state index in [-0.39, 0.29) is 75.5 Å². The number of hydrogen-bond donors (Lipinski definition) is 0. The Morgan fingerprint density at radius 1 is 1.25 bits per heavy atom. The summed E-state index contributed by atoms with van der Waals surface area (Å²) < 4.78 is 7.83. The Hall–Kier alpha value is 2.54. The van der Waals surface area contributed by atoms with E-state index in [0.29, 0.717) is 0 Å². The molecule has 1 nitrogen and oxygen atoms in total. The largest absolute Gasteiger partial charge is 0.197 e. The standard InChI is InChI=1S/Gd.La.OS/c;;1-2. The first-order valence-electron chi connectivity index (χ1n) is 0.167. The van der Waals surface area contributed by atoms with Gasteiger partial charge in [-0.25, -0.2) is 0 Å². The van der Waals surface area contributed by atoms with E-state index in [0.717, 1.165) is 0 Å². The van der Waals surface area contributed by atoms with Crippen LogP contribution in [0.1, 0.15) is 0 Å². The van der Waals surface area contributed by atoms with Gasteiger partial charge < -0.3 is 0 Å². The second-order valence-electron chi connectivity index (χ2n) is 0. The first kappa shape index (κ1) is 16.0. The van der Waals surface area contributed by atoms with Crippen molar-refractivity contribution in [1.82, 2.24) is 0 Å². The van der Waals surface area contributed by atoms with Crippen molar-refractivity contribution in [3.05, 3.63) is 0 Å². The molecular weight excluding hydrogens is 344 g/mol. The van der Waals surface area contributed by atoms with Crippen LogP contribution in [0, 0.1) is 75.5 Å². The predicted molar refractivity (Wildman–Crippen MR) is 8.14 cm³/mol. The predicted octanol–water partition coefficient (Wildman–Crippen LogP) is -0.336. The third-order valence-corrected chi connectivity index (χ3v) is 0. The maximum atomic E-state index is 7.83. The molecule has 0 aromatic heterocycles. The van der Waals surface area contributed by atoms with Crippen molar-refractivity contribution in [2.24, 2.45) is 0 Å². The average Bonchev–Trinajstić information content (AvgIpc) is 1.00. The third-order valence-electron chi connectivity index (χ3n) is 0. The summed E-state index contributed by atoms with van der Waals surface area (Å²) in [6.45, 7) is 0. The van der Waals surface area contributed by atoms with Gasteiger partial charge >= 0.3 is 0 Å². The summed E-state index contributed by atoms with van der Waals surface area (Å²) in [6, 6.07) is 0. The van der Waals surface area contributed by atoms with Gasteiger partial charge in [-0.15, -0.1) is 0 Å². The molecule has 0 heterocycles. The zero-order chi connectivity index (χ0) is 2.00. The van der Waals surface area contributed by atoms with E-state index in [1.54, 1.807) is 0 Å². The number of hydrogen-bond acceptors (Lipinski definition) is 2. The zero-order valence-electron chi connectivity index (χ0n) is 1.75. The Balaban J connectivity index is -0.00000000500. The number of rotatable bonds is 0. The quantitative estimate of drug-likeness (QED) is 0.598. The summed E-state index contributed by atoms with van der Waals surface area (Å²) in [7, 11) is 0. The van der Waals surface area contributed by atoms with Crippen molar-refractivity contribution in [3.8, 4) is 0 Å². The molecule has 0 amide bonds. The van der Waals surface area contributed by atoms with Gasteiger partial charge in [0.2, 0.25) is 0 Å². The van der Waals surface area contributed by atoms with Crippen LogP contribution in [0.2, 0.25) is 0 Å². The molecule has 0 saturated carbocycles. The summed E-state index contributed by atoms with van der Waals surface area (Å²) in [5.41, 5.74) is 0. The first-order chi connectivity index (χ1) is 1.00. The SMILES string of the molecule is O=S.[Gd].[La]. The molecule has 0 aliphatic carbocycles. The van der Waals surface area contributed by atoms with Crippen molar-refractivity contribution < 1.29 is 79.7 Å². The van der Waals surface area contributed by atoms with Crippen LogP contribution in [0.5, 0.6) is 0 Å². The van der Waals surface area contributed by atoms with E-state index in [2.05, 4.69) is 12.5 Å². The second kappa shape index (κ2) is 17.7. The van der Waals surface area contributed by atoms with E-state index in [4.69, 9.17) is 4.21 Å². The van der Waals surface area contributed by atoms with Crippen LogP contribution in [0.4, 0.5) is 0 Å². The van der Waals surface area contributed by atoms with Crippen molar-refractivity contribution in [2.75, 3.05) is 0 Å². The van der Waals surface area contributed by atoms with Crippen LogP contribution in [0.15, 0.2) is 0 Å². The van der Waals surface area contributed by atoms with Crippen LogP contribution >= 0.6 is 0 Å². The van der Waals surface area contributed by atoms with Crippen LogP contribution < -0.4 is 0 Å². The summed E-state index contributed by atoms with van der Waals surface area (Å²) in [4.78, 5) is 0. The van der Waals surface area contributed by atoms with E-state index in [1.165, 1.54) is 0 Å². The van der Waals surface area contributed by atoms with Crippen molar-refractivity contribution in [3.63, 3.8) is 0 Å². The first-order valence-corrected chi connectivity index (χ1v) is 0.500. The van der Waals surface area contributed by atoms with Gasteiger partial charge in [0.1, 0.15) is 0 Å². The maximum absolute atomic E-state index is 7.83. The molecule has 0 N–H and O–H groups in total. The van der Waals surface area contributed by atoms with Crippen LogP contribution in [0.25, 0.3) is 0 Å². The Bertz CT molecular complexity index is 8.00. The molecule has 1 radical (unpaired) electrons. The molecule has 0 unspecified atom stereocenters. The minimum absolute atomic E-state index is 0. The van der Waals surface area contributed by atoms with Crippen LogP contribution in [-0.2, 0) is 12.5 Å². The molecule has 23 valence electrons. The molecule has 0 fully saturated rings. The molecule has 0 aliphatic heterocycles. The van der Waals surface area contributed by atoms with Crippen molar-refractivity contribution in [2.45, 2.75) is 0 Å². The smallest absolute Gasteiger partial charge is 0.197 e. The topological polar surface area (TPSA) is 17.1 Å². The second-order valence-corrected chi connectivity index (χ2v) is 0. The molecular formula is GdLaOS. The zero-order valence-corrected chi connectivity index (χ0v) is 8.46.